The van der Waals surface area contributed by atoms with Crippen molar-refractivity contribution in [2.75, 3.05) is 6.54 Å². The van der Waals surface area contributed by atoms with Crippen LogP contribution in [0.3, 0.4) is 0 Å². The van der Waals surface area contributed by atoms with E-state index in [2.05, 4.69) is 15.3 Å². The number of aromatic hydroxyl groups is 1. The average Bonchev–Trinajstić information content (AvgIpc) is 2.94. The van der Waals surface area contributed by atoms with Crippen LogP contribution < -0.4 is 5.32 Å². The van der Waals surface area contributed by atoms with Gasteiger partial charge < -0.3 is 15.0 Å². The van der Waals surface area contributed by atoms with Gasteiger partial charge in [0.2, 0.25) is 0 Å². The Bertz CT molecular complexity index is 727. The maximum Gasteiger partial charge on any atom is 0.434 e. The van der Waals surface area contributed by atoms with E-state index in [4.69, 9.17) is 0 Å². The molecule has 8 heteroatoms. The molecular weight excluding hydrogens is 321 g/mol. The van der Waals surface area contributed by atoms with E-state index in [1.807, 2.05) is 6.92 Å². The van der Waals surface area contributed by atoms with Gasteiger partial charge in [-0.05, 0) is 31.4 Å². The van der Waals surface area contributed by atoms with E-state index in [1.165, 1.54) is 0 Å². The van der Waals surface area contributed by atoms with Crippen molar-refractivity contribution in [2.45, 2.75) is 39.0 Å². The molecule has 0 aliphatic carbocycles. The third-order valence-corrected chi connectivity index (χ3v) is 4.20. The number of hydrogen-bond acceptors (Lipinski definition) is 4. The minimum atomic E-state index is -4.40. The molecule has 0 bridgehead atoms. The number of aryl methyl sites for hydroxylation is 2. The van der Waals surface area contributed by atoms with E-state index in [1.54, 1.807) is 16.7 Å². The number of rotatable bonds is 4. The summed E-state index contributed by atoms with van der Waals surface area (Å²) >= 11 is 0. The normalized spacial score (nSPS) is 17.8. The van der Waals surface area contributed by atoms with E-state index in [0.29, 0.717) is 37.6 Å². The van der Waals surface area contributed by atoms with Gasteiger partial charge in [0, 0.05) is 37.9 Å². The lowest BCUT2D eigenvalue weighted by molar-refractivity contribution is -0.141. The van der Waals surface area contributed by atoms with Gasteiger partial charge in [0.1, 0.15) is 11.6 Å². The van der Waals surface area contributed by atoms with Gasteiger partial charge in [0.05, 0.1) is 5.69 Å². The Kier molecular flexibility index (Phi) is 4.49. The van der Waals surface area contributed by atoms with E-state index < -0.39 is 11.9 Å². The Hall–Kier alpha value is -2.09. The SMILES string of the molecule is Cc1ccc(O)c(CNC[C@@H]2CCc3nc(C(F)(F)F)cn3C2)n1. The summed E-state index contributed by atoms with van der Waals surface area (Å²) in [5, 5.41) is 13.0. The molecule has 2 aromatic heterocycles. The van der Waals surface area contributed by atoms with E-state index in [0.717, 1.165) is 18.3 Å². The van der Waals surface area contributed by atoms with Crippen LogP contribution in [0.2, 0.25) is 0 Å². The molecule has 0 radical (unpaired) electrons. The van der Waals surface area contributed by atoms with E-state index in [9.17, 15) is 18.3 Å². The van der Waals surface area contributed by atoms with Gasteiger partial charge in [-0.3, -0.25) is 4.98 Å². The standard InChI is InChI=1S/C16H19F3N4O/c1-10-2-4-13(24)12(21-10)7-20-6-11-3-5-15-22-14(16(17,18)19)9-23(15)8-11/h2,4,9,11,20,24H,3,5-8H2,1H3/t11-/m0/s1. The highest BCUT2D eigenvalue weighted by molar-refractivity contribution is 5.27. The first-order valence-electron chi connectivity index (χ1n) is 7.82. The highest BCUT2D eigenvalue weighted by Crippen LogP contribution is 2.30. The van der Waals surface area contributed by atoms with Crippen LogP contribution in [0.4, 0.5) is 13.2 Å². The number of aromatic nitrogens is 3. The number of hydrogen-bond donors (Lipinski definition) is 2. The molecule has 3 heterocycles. The lowest BCUT2D eigenvalue weighted by atomic mass is 9.99. The zero-order chi connectivity index (χ0) is 17.3. The van der Waals surface area contributed by atoms with Crippen LogP contribution in [0.1, 0.15) is 29.3 Å². The smallest absolute Gasteiger partial charge is 0.434 e. The van der Waals surface area contributed by atoms with Crippen LogP contribution >= 0.6 is 0 Å². The second-order valence-corrected chi connectivity index (χ2v) is 6.15. The van der Waals surface area contributed by atoms with E-state index >= 15 is 0 Å². The van der Waals surface area contributed by atoms with Crippen molar-refractivity contribution in [1.82, 2.24) is 19.9 Å². The molecule has 0 aromatic carbocycles. The lowest BCUT2D eigenvalue weighted by Gasteiger charge is -2.24. The second-order valence-electron chi connectivity index (χ2n) is 6.15. The number of pyridine rings is 1. The molecule has 1 atom stereocenters. The maximum absolute atomic E-state index is 12.7. The molecule has 0 saturated heterocycles. The predicted octanol–water partition coefficient (Wildman–Crippen LogP) is 2.66. The van der Waals surface area contributed by atoms with Gasteiger partial charge in [-0.25, -0.2) is 4.98 Å². The molecule has 3 rings (SSSR count). The fourth-order valence-corrected chi connectivity index (χ4v) is 2.95. The number of imidazole rings is 1. The van der Waals surface area contributed by atoms with Gasteiger partial charge in [-0.2, -0.15) is 13.2 Å². The Balaban J connectivity index is 1.56. The van der Waals surface area contributed by atoms with Crippen LogP contribution in [0.5, 0.6) is 5.75 Å². The van der Waals surface area contributed by atoms with Gasteiger partial charge in [-0.1, -0.05) is 0 Å². The van der Waals surface area contributed by atoms with Crippen molar-refractivity contribution in [2.24, 2.45) is 5.92 Å². The molecule has 0 fully saturated rings. The molecule has 1 aliphatic rings. The fourth-order valence-electron chi connectivity index (χ4n) is 2.95. The van der Waals surface area contributed by atoms with Crippen molar-refractivity contribution >= 4 is 0 Å². The minimum Gasteiger partial charge on any atom is -0.506 e. The zero-order valence-electron chi connectivity index (χ0n) is 13.3. The third-order valence-electron chi connectivity index (χ3n) is 4.20. The molecular formula is C16H19F3N4O. The summed E-state index contributed by atoms with van der Waals surface area (Å²) in [7, 11) is 0. The van der Waals surface area contributed by atoms with Gasteiger partial charge in [0.15, 0.2) is 5.69 Å². The first kappa shape index (κ1) is 16.8. The fraction of sp³-hybridized carbons (Fsp3) is 0.500. The van der Waals surface area contributed by atoms with E-state index in [-0.39, 0.29) is 11.7 Å². The van der Waals surface area contributed by atoms with Crippen LogP contribution in [-0.2, 0) is 25.7 Å². The molecule has 130 valence electrons. The Morgan fingerprint density at radius 3 is 2.88 bits per heavy atom. The topological polar surface area (TPSA) is 63.0 Å². The summed E-state index contributed by atoms with van der Waals surface area (Å²) in [5.41, 5.74) is 0.582. The number of nitrogens with one attached hydrogen (secondary N) is 1. The van der Waals surface area contributed by atoms with Crippen molar-refractivity contribution in [1.29, 1.82) is 0 Å². The molecule has 0 amide bonds. The molecule has 2 N–H and O–H groups in total. The molecule has 0 unspecified atom stereocenters. The van der Waals surface area contributed by atoms with Crippen molar-refractivity contribution in [3.05, 3.63) is 41.2 Å². The number of fused-ring (bicyclic) bond motifs is 1. The van der Waals surface area contributed by atoms with Gasteiger partial charge in [0.25, 0.3) is 0 Å². The van der Waals surface area contributed by atoms with Crippen LogP contribution in [0.25, 0.3) is 0 Å². The number of nitrogens with zero attached hydrogens (tertiary/aromatic N) is 3. The predicted molar refractivity (Wildman–Crippen MR) is 81.4 cm³/mol. The molecule has 2 aromatic rings. The summed E-state index contributed by atoms with van der Waals surface area (Å²) in [6.07, 6.45) is -1.98. The Morgan fingerprint density at radius 1 is 1.33 bits per heavy atom. The molecule has 5 nitrogen and oxygen atoms in total. The van der Waals surface area contributed by atoms with Crippen LogP contribution in [0, 0.1) is 12.8 Å². The Labute approximate surface area is 137 Å². The minimum absolute atomic E-state index is 0.142. The highest BCUT2D eigenvalue weighted by Gasteiger charge is 2.35. The van der Waals surface area contributed by atoms with Crippen molar-refractivity contribution < 1.29 is 18.3 Å². The summed E-state index contributed by atoms with van der Waals surface area (Å²) in [6, 6.07) is 3.34. The molecule has 0 spiro atoms. The molecule has 0 saturated carbocycles. The van der Waals surface area contributed by atoms with Crippen molar-refractivity contribution in [3.63, 3.8) is 0 Å². The first-order valence-corrected chi connectivity index (χ1v) is 7.82. The summed E-state index contributed by atoms with van der Waals surface area (Å²) in [5.74, 6) is 0.861. The van der Waals surface area contributed by atoms with Gasteiger partial charge in [-0.15, -0.1) is 0 Å². The maximum atomic E-state index is 12.7. The third kappa shape index (κ3) is 3.69. The molecule has 1 aliphatic heterocycles. The average molecular weight is 340 g/mol. The Morgan fingerprint density at radius 2 is 2.12 bits per heavy atom. The number of halogens is 3. The number of alkyl halides is 3. The quantitative estimate of drug-likeness (QED) is 0.898. The summed E-state index contributed by atoms with van der Waals surface area (Å²) in [6.45, 7) is 3.43. The van der Waals surface area contributed by atoms with Crippen LogP contribution in [-0.4, -0.2) is 26.2 Å². The second kappa shape index (κ2) is 6.43. The first-order chi connectivity index (χ1) is 11.3. The van der Waals surface area contributed by atoms with Crippen molar-refractivity contribution in [3.8, 4) is 5.75 Å². The summed E-state index contributed by atoms with van der Waals surface area (Å²) in [4.78, 5) is 7.95. The lowest BCUT2D eigenvalue weighted by Crippen LogP contribution is -2.30. The summed E-state index contributed by atoms with van der Waals surface area (Å²) < 4.78 is 39.7. The van der Waals surface area contributed by atoms with Crippen LogP contribution in [0.15, 0.2) is 18.3 Å². The molecule has 24 heavy (non-hydrogen) atoms. The monoisotopic (exact) mass is 340 g/mol. The highest BCUT2D eigenvalue weighted by atomic mass is 19.4. The van der Waals surface area contributed by atoms with Gasteiger partial charge >= 0.3 is 6.18 Å². The largest absolute Gasteiger partial charge is 0.506 e. The zero-order valence-corrected chi connectivity index (χ0v) is 13.3.